The molecule has 1 rings (SSSR count). The zero-order chi connectivity index (χ0) is 12.8. The highest BCUT2D eigenvalue weighted by Crippen LogP contribution is 1.91. The molecule has 0 saturated heterocycles. The predicted molar refractivity (Wildman–Crippen MR) is 59.6 cm³/mol. The third-order valence-electron chi connectivity index (χ3n) is 2.17. The van der Waals surface area contributed by atoms with Crippen molar-refractivity contribution in [3.8, 4) is 0 Å². The van der Waals surface area contributed by atoms with Crippen LogP contribution in [0.5, 0.6) is 0 Å². The topological polar surface area (TPSA) is 84.0 Å². The number of nitrogens with zero attached hydrogens (tertiary/aromatic N) is 1. The summed E-state index contributed by atoms with van der Waals surface area (Å²) in [5.74, 6) is -1.17. The minimum absolute atomic E-state index is 0.403. The van der Waals surface area contributed by atoms with E-state index < -0.39 is 23.1 Å². The Morgan fingerprint density at radius 3 is 2.82 bits per heavy atom. The largest absolute Gasteiger partial charge is 0.337 e. The van der Waals surface area contributed by atoms with Gasteiger partial charge in [-0.2, -0.15) is 4.39 Å². The van der Waals surface area contributed by atoms with Gasteiger partial charge in [-0.3, -0.25) is 9.78 Å². The van der Waals surface area contributed by atoms with Gasteiger partial charge in [-0.1, -0.05) is 19.8 Å². The Kier molecular flexibility index (Phi) is 4.62. The van der Waals surface area contributed by atoms with Crippen molar-refractivity contribution in [1.29, 1.82) is 0 Å². The molecule has 6 nitrogen and oxygen atoms in total. The minimum atomic E-state index is -1.17. The van der Waals surface area contributed by atoms with Crippen molar-refractivity contribution >= 4 is 6.03 Å². The van der Waals surface area contributed by atoms with E-state index in [1.807, 2.05) is 6.92 Å². The fourth-order valence-corrected chi connectivity index (χ4v) is 1.25. The van der Waals surface area contributed by atoms with Gasteiger partial charge in [0.25, 0.3) is 5.56 Å². The van der Waals surface area contributed by atoms with Crippen LogP contribution in [0, 0.1) is 5.82 Å². The van der Waals surface area contributed by atoms with Gasteiger partial charge in [0.1, 0.15) is 0 Å². The van der Waals surface area contributed by atoms with Crippen molar-refractivity contribution in [2.45, 2.75) is 26.2 Å². The van der Waals surface area contributed by atoms with E-state index in [1.165, 1.54) is 0 Å². The smallest absolute Gasteiger partial charge is 0.336 e. The second kappa shape index (κ2) is 5.97. The molecule has 0 unspecified atom stereocenters. The van der Waals surface area contributed by atoms with Gasteiger partial charge >= 0.3 is 11.7 Å². The second-order valence-corrected chi connectivity index (χ2v) is 3.55. The van der Waals surface area contributed by atoms with Gasteiger partial charge in [0, 0.05) is 6.54 Å². The Morgan fingerprint density at radius 1 is 1.47 bits per heavy atom. The summed E-state index contributed by atoms with van der Waals surface area (Å²) in [6, 6.07) is -0.749. The van der Waals surface area contributed by atoms with E-state index in [2.05, 4.69) is 5.32 Å². The SMILES string of the molecule is CCCCCNC(=O)n1cc(F)c(=O)[nH]c1=O. The molecule has 0 aliphatic carbocycles. The van der Waals surface area contributed by atoms with Gasteiger partial charge in [-0.15, -0.1) is 0 Å². The van der Waals surface area contributed by atoms with Gasteiger partial charge in [0.15, 0.2) is 0 Å². The fourth-order valence-electron chi connectivity index (χ4n) is 1.25. The lowest BCUT2D eigenvalue weighted by Gasteiger charge is -2.05. The standard InChI is InChI=1S/C10H14FN3O3/c1-2-3-4-5-12-9(16)14-6-7(11)8(15)13-10(14)17/h6H,2-5H2,1H3,(H,12,16)(H,13,15,17). The first kappa shape index (κ1) is 13.1. The summed E-state index contributed by atoms with van der Waals surface area (Å²) in [5, 5.41) is 2.46. The normalized spacial score (nSPS) is 10.2. The molecule has 0 bridgehead atoms. The van der Waals surface area contributed by atoms with E-state index >= 15 is 0 Å². The Morgan fingerprint density at radius 2 is 2.18 bits per heavy atom. The fraction of sp³-hybridized carbons (Fsp3) is 0.500. The third kappa shape index (κ3) is 3.54. The average Bonchev–Trinajstić information content (AvgIpc) is 2.29. The molecule has 1 heterocycles. The van der Waals surface area contributed by atoms with Gasteiger partial charge in [0.2, 0.25) is 5.82 Å². The summed E-state index contributed by atoms with van der Waals surface area (Å²) in [4.78, 5) is 35.1. The lowest BCUT2D eigenvalue weighted by Crippen LogP contribution is -2.40. The van der Waals surface area contributed by atoms with E-state index in [9.17, 15) is 18.8 Å². The summed E-state index contributed by atoms with van der Waals surface area (Å²) in [5.41, 5.74) is -2.09. The van der Waals surface area contributed by atoms with Crippen molar-refractivity contribution < 1.29 is 9.18 Å². The van der Waals surface area contributed by atoms with Crippen molar-refractivity contribution in [2.24, 2.45) is 0 Å². The summed E-state index contributed by atoms with van der Waals surface area (Å²) >= 11 is 0. The summed E-state index contributed by atoms with van der Waals surface area (Å²) in [7, 11) is 0. The molecule has 0 aliphatic heterocycles. The Labute approximate surface area is 96.5 Å². The number of halogens is 1. The number of hydrogen-bond acceptors (Lipinski definition) is 3. The van der Waals surface area contributed by atoms with Crippen LogP contribution < -0.4 is 16.6 Å². The number of rotatable bonds is 4. The molecule has 1 amide bonds. The molecular formula is C10H14FN3O3. The minimum Gasteiger partial charge on any atom is -0.337 e. The first-order valence-electron chi connectivity index (χ1n) is 5.36. The van der Waals surface area contributed by atoms with Gasteiger partial charge in [-0.05, 0) is 6.42 Å². The maximum atomic E-state index is 12.9. The molecular weight excluding hydrogens is 229 g/mol. The summed E-state index contributed by atoms with van der Waals surface area (Å²) in [6.45, 7) is 2.42. The Bertz CT molecular complexity index is 506. The van der Waals surface area contributed by atoms with Crippen LogP contribution in [0.4, 0.5) is 9.18 Å². The second-order valence-electron chi connectivity index (χ2n) is 3.55. The van der Waals surface area contributed by atoms with Crippen LogP contribution in [0.1, 0.15) is 26.2 Å². The number of carbonyl (C=O) groups is 1. The molecule has 0 atom stereocenters. The number of H-pyrrole nitrogens is 1. The number of carbonyl (C=O) groups excluding carboxylic acids is 1. The number of hydrogen-bond donors (Lipinski definition) is 2. The van der Waals surface area contributed by atoms with E-state index in [1.54, 1.807) is 4.98 Å². The average molecular weight is 243 g/mol. The molecule has 1 aromatic rings. The molecule has 7 heteroatoms. The van der Waals surface area contributed by atoms with E-state index in [0.717, 1.165) is 19.3 Å². The number of aromatic nitrogens is 2. The van der Waals surface area contributed by atoms with Crippen LogP contribution in [-0.2, 0) is 0 Å². The number of unbranched alkanes of at least 4 members (excludes halogenated alkanes) is 2. The van der Waals surface area contributed by atoms with Gasteiger partial charge < -0.3 is 5.32 Å². The molecule has 2 N–H and O–H groups in total. The highest BCUT2D eigenvalue weighted by atomic mass is 19.1. The van der Waals surface area contributed by atoms with Crippen LogP contribution in [0.2, 0.25) is 0 Å². The van der Waals surface area contributed by atoms with Gasteiger partial charge in [0.05, 0.1) is 6.20 Å². The Hall–Kier alpha value is -1.92. The van der Waals surface area contributed by atoms with Crippen molar-refractivity contribution in [3.05, 3.63) is 32.9 Å². The highest BCUT2D eigenvalue weighted by Gasteiger charge is 2.09. The van der Waals surface area contributed by atoms with Crippen LogP contribution >= 0.6 is 0 Å². The lowest BCUT2D eigenvalue weighted by atomic mass is 10.2. The van der Waals surface area contributed by atoms with Gasteiger partial charge in [-0.25, -0.2) is 14.2 Å². The highest BCUT2D eigenvalue weighted by molar-refractivity contribution is 5.76. The molecule has 0 radical (unpaired) electrons. The molecule has 17 heavy (non-hydrogen) atoms. The van der Waals surface area contributed by atoms with E-state index in [-0.39, 0.29) is 0 Å². The van der Waals surface area contributed by atoms with Crippen molar-refractivity contribution in [1.82, 2.24) is 14.9 Å². The first-order chi connectivity index (χ1) is 8.06. The number of amides is 1. The van der Waals surface area contributed by atoms with Crippen LogP contribution in [0.3, 0.4) is 0 Å². The molecule has 0 fully saturated rings. The number of nitrogens with one attached hydrogen (secondary N) is 2. The predicted octanol–water partition coefficient (Wildman–Crippen LogP) is 0.424. The number of aromatic amines is 1. The van der Waals surface area contributed by atoms with Crippen LogP contribution in [0.15, 0.2) is 15.8 Å². The van der Waals surface area contributed by atoms with Crippen LogP contribution in [0.25, 0.3) is 0 Å². The Balaban J connectivity index is 2.73. The van der Waals surface area contributed by atoms with E-state index in [4.69, 9.17) is 0 Å². The van der Waals surface area contributed by atoms with Crippen LogP contribution in [-0.4, -0.2) is 22.1 Å². The molecule has 0 saturated carbocycles. The molecule has 0 aliphatic rings. The molecule has 1 aromatic heterocycles. The summed E-state index contributed by atoms with van der Waals surface area (Å²) in [6.07, 6.45) is 3.32. The first-order valence-corrected chi connectivity index (χ1v) is 5.36. The van der Waals surface area contributed by atoms with Crippen molar-refractivity contribution in [2.75, 3.05) is 6.54 Å². The lowest BCUT2D eigenvalue weighted by molar-refractivity contribution is 0.240. The molecule has 0 spiro atoms. The zero-order valence-corrected chi connectivity index (χ0v) is 9.46. The van der Waals surface area contributed by atoms with Crippen molar-refractivity contribution in [3.63, 3.8) is 0 Å². The monoisotopic (exact) mass is 243 g/mol. The maximum absolute atomic E-state index is 12.9. The zero-order valence-electron chi connectivity index (χ0n) is 9.46. The third-order valence-corrected chi connectivity index (χ3v) is 2.17. The quantitative estimate of drug-likeness (QED) is 0.752. The van der Waals surface area contributed by atoms with E-state index in [0.29, 0.717) is 17.3 Å². The molecule has 94 valence electrons. The molecule has 0 aromatic carbocycles. The maximum Gasteiger partial charge on any atom is 0.336 e. The summed E-state index contributed by atoms with van der Waals surface area (Å²) < 4.78 is 13.4.